The zero-order valence-electron chi connectivity index (χ0n) is 12.3. The van der Waals surface area contributed by atoms with E-state index in [0.717, 1.165) is 23.6 Å². The Morgan fingerprint density at radius 2 is 1.71 bits per heavy atom. The molecule has 0 radical (unpaired) electrons. The third-order valence-electron chi connectivity index (χ3n) is 6.36. The van der Waals surface area contributed by atoms with Crippen molar-refractivity contribution >= 4 is 0 Å². The van der Waals surface area contributed by atoms with Crippen molar-refractivity contribution in [3.05, 3.63) is 11.7 Å². The maximum absolute atomic E-state index is 9.65. The van der Waals surface area contributed by atoms with Gasteiger partial charge in [-0.05, 0) is 62.7 Å². The minimum Gasteiger partial charge on any atom is -0.392 e. The van der Waals surface area contributed by atoms with E-state index in [9.17, 15) is 5.11 Å². The molecule has 2 heterocycles. The van der Waals surface area contributed by atoms with E-state index in [1.807, 2.05) is 0 Å². The number of rotatable bonds is 2. The van der Waals surface area contributed by atoms with Gasteiger partial charge < -0.3 is 14.9 Å². The van der Waals surface area contributed by atoms with Crippen molar-refractivity contribution in [1.82, 2.24) is 15.5 Å². The smallest absolute Gasteiger partial charge is 0.243 e. The van der Waals surface area contributed by atoms with Crippen LogP contribution in [-0.2, 0) is 5.41 Å². The molecule has 1 aromatic rings. The zero-order valence-corrected chi connectivity index (χ0v) is 12.3. The van der Waals surface area contributed by atoms with E-state index >= 15 is 0 Å². The fourth-order valence-electron chi connectivity index (χ4n) is 5.88. The standard InChI is InChI=1S/C16H23N3O2/c20-12-4-13(17-8-12)14-18-15(19-21-14)16-5-9-1-10(6-16)3-11(2-9)7-16/h9-13,17,20H,1-8H2/t9?,10?,11?,12-,13+,16?/m1/s1. The molecule has 5 heteroatoms. The molecule has 1 aliphatic heterocycles. The van der Waals surface area contributed by atoms with Crippen molar-refractivity contribution in [3.63, 3.8) is 0 Å². The number of nitrogens with one attached hydrogen (secondary N) is 1. The van der Waals surface area contributed by atoms with Gasteiger partial charge in [0.25, 0.3) is 0 Å². The fourth-order valence-corrected chi connectivity index (χ4v) is 5.88. The van der Waals surface area contributed by atoms with Gasteiger partial charge in [0, 0.05) is 12.0 Å². The molecule has 1 saturated heterocycles. The van der Waals surface area contributed by atoms with Crippen LogP contribution in [0.15, 0.2) is 4.52 Å². The van der Waals surface area contributed by atoms with E-state index in [1.165, 1.54) is 38.5 Å². The normalized spacial score (nSPS) is 48.1. The number of aromatic nitrogens is 2. The van der Waals surface area contributed by atoms with Gasteiger partial charge >= 0.3 is 0 Å². The molecule has 0 unspecified atom stereocenters. The highest BCUT2D eigenvalue weighted by molar-refractivity contribution is 5.17. The lowest BCUT2D eigenvalue weighted by Crippen LogP contribution is -2.49. The largest absolute Gasteiger partial charge is 0.392 e. The average molecular weight is 289 g/mol. The van der Waals surface area contributed by atoms with Crippen molar-refractivity contribution < 1.29 is 9.63 Å². The van der Waals surface area contributed by atoms with Crippen LogP contribution in [0.5, 0.6) is 0 Å². The lowest BCUT2D eigenvalue weighted by atomic mass is 9.49. The molecule has 4 saturated carbocycles. The van der Waals surface area contributed by atoms with Crippen LogP contribution >= 0.6 is 0 Å². The second-order valence-electron chi connectivity index (χ2n) is 8.00. The van der Waals surface area contributed by atoms with Crippen molar-refractivity contribution in [2.75, 3.05) is 6.54 Å². The van der Waals surface area contributed by atoms with E-state index in [-0.39, 0.29) is 17.6 Å². The first-order valence-corrected chi connectivity index (χ1v) is 8.46. The fraction of sp³-hybridized carbons (Fsp3) is 0.875. The lowest BCUT2D eigenvalue weighted by Gasteiger charge is -2.55. The molecule has 2 atom stereocenters. The number of hydrogen-bond acceptors (Lipinski definition) is 5. The quantitative estimate of drug-likeness (QED) is 0.870. The Hall–Kier alpha value is -0.940. The Bertz CT molecular complexity index is 520. The highest BCUT2D eigenvalue weighted by Gasteiger charge is 2.54. The van der Waals surface area contributed by atoms with Gasteiger partial charge in [-0.25, -0.2) is 0 Å². The summed E-state index contributed by atoms with van der Waals surface area (Å²) in [6.45, 7) is 0.625. The zero-order chi connectivity index (χ0) is 14.0. The maximum atomic E-state index is 9.65. The molecule has 6 rings (SSSR count). The number of aliphatic hydroxyl groups excluding tert-OH is 1. The molecule has 0 aromatic carbocycles. The van der Waals surface area contributed by atoms with Gasteiger partial charge in [0.1, 0.15) is 0 Å². The van der Waals surface area contributed by atoms with Crippen molar-refractivity contribution in [1.29, 1.82) is 0 Å². The Kier molecular flexibility index (Phi) is 2.57. The molecule has 0 amide bonds. The molecule has 5 fully saturated rings. The minimum absolute atomic E-state index is 0.0372. The highest BCUT2D eigenvalue weighted by Crippen LogP contribution is 2.60. The van der Waals surface area contributed by atoms with E-state index in [4.69, 9.17) is 9.51 Å². The first-order chi connectivity index (χ1) is 10.2. The molecule has 0 spiro atoms. The molecule has 5 nitrogen and oxygen atoms in total. The van der Waals surface area contributed by atoms with Gasteiger partial charge in [-0.2, -0.15) is 4.98 Å². The molecule has 21 heavy (non-hydrogen) atoms. The van der Waals surface area contributed by atoms with Gasteiger partial charge in [0.05, 0.1) is 12.1 Å². The monoisotopic (exact) mass is 289 g/mol. The summed E-state index contributed by atoms with van der Waals surface area (Å²) in [6, 6.07) is 0.0372. The Morgan fingerprint density at radius 3 is 2.29 bits per heavy atom. The van der Waals surface area contributed by atoms with Gasteiger partial charge in [-0.15, -0.1) is 0 Å². The van der Waals surface area contributed by atoms with Gasteiger partial charge in [0.15, 0.2) is 5.82 Å². The van der Waals surface area contributed by atoms with Crippen molar-refractivity contribution in [2.24, 2.45) is 17.8 Å². The predicted molar refractivity (Wildman–Crippen MR) is 75.5 cm³/mol. The summed E-state index contributed by atoms with van der Waals surface area (Å²) in [4.78, 5) is 4.77. The number of β-amino-alcohol motifs (C(OH)–C–C–N with tert-alkyl or cyclic N) is 1. The summed E-state index contributed by atoms with van der Waals surface area (Å²) in [5.41, 5.74) is 0.202. The summed E-state index contributed by atoms with van der Waals surface area (Å²) in [6.07, 6.45) is 8.48. The lowest BCUT2D eigenvalue weighted by molar-refractivity contribution is -0.0103. The van der Waals surface area contributed by atoms with Gasteiger partial charge in [-0.3, -0.25) is 0 Å². The van der Waals surface area contributed by atoms with Gasteiger partial charge in [0.2, 0.25) is 5.89 Å². The third kappa shape index (κ3) is 1.90. The van der Waals surface area contributed by atoms with Crippen molar-refractivity contribution in [2.45, 2.75) is 62.5 Å². The molecule has 2 N–H and O–H groups in total. The molecule has 114 valence electrons. The first kappa shape index (κ1) is 12.6. The summed E-state index contributed by atoms with van der Waals surface area (Å²) in [7, 11) is 0. The van der Waals surface area contributed by atoms with Crippen LogP contribution in [0.4, 0.5) is 0 Å². The molecule has 4 bridgehead atoms. The first-order valence-electron chi connectivity index (χ1n) is 8.46. The molecule has 4 aliphatic carbocycles. The topological polar surface area (TPSA) is 71.2 Å². The predicted octanol–water partition coefficient (Wildman–Crippen LogP) is 1.93. The number of nitrogens with zero attached hydrogens (tertiary/aromatic N) is 2. The van der Waals surface area contributed by atoms with E-state index in [0.29, 0.717) is 18.9 Å². The van der Waals surface area contributed by atoms with E-state index in [1.54, 1.807) is 0 Å². The molecular weight excluding hydrogens is 266 g/mol. The number of aliphatic hydroxyl groups is 1. The summed E-state index contributed by atoms with van der Waals surface area (Å²) >= 11 is 0. The summed E-state index contributed by atoms with van der Waals surface area (Å²) in [5.74, 6) is 4.32. The number of hydrogen-bond donors (Lipinski definition) is 2. The second-order valence-corrected chi connectivity index (χ2v) is 8.00. The molecular formula is C16H23N3O2. The summed E-state index contributed by atoms with van der Waals surface area (Å²) < 4.78 is 5.55. The van der Waals surface area contributed by atoms with E-state index in [2.05, 4.69) is 10.5 Å². The van der Waals surface area contributed by atoms with Crippen LogP contribution < -0.4 is 5.32 Å². The van der Waals surface area contributed by atoms with Gasteiger partial charge in [-0.1, -0.05) is 5.16 Å². The van der Waals surface area contributed by atoms with E-state index < -0.39 is 0 Å². The van der Waals surface area contributed by atoms with Crippen LogP contribution in [0.25, 0.3) is 0 Å². The Morgan fingerprint density at radius 1 is 1.05 bits per heavy atom. The second kappa shape index (κ2) is 4.29. The molecule has 5 aliphatic rings. The van der Waals surface area contributed by atoms with Crippen molar-refractivity contribution in [3.8, 4) is 0 Å². The maximum Gasteiger partial charge on any atom is 0.243 e. The average Bonchev–Trinajstić information content (AvgIpc) is 3.05. The van der Waals surface area contributed by atoms with Crippen LogP contribution in [0, 0.1) is 17.8 Å². The summed E-state index contributed by atoms with van der Waals surface area (Å²) in [5, 5.41) is 17.3. The molecule has 1 aromatic heterocycles. The SMILES string of the molecule is O[C@H]1CN[C@H](c2nc(C34CC5CC(CC(C5)C3)C4)no2)C1. The van der Waals surface area contributed by atoms with Crippen LogP contribution in [-0.4, -0.2) is 27.9 Å². The van der Waals surface area contributed by atoms with Crippen LogP contribution in [0.3, 0.4) is 0 Å². The highest BCUT2D eigenvalue weighted by atomic mass is 16.5. The Labute approximate surface area is 124 Å². The Balaban J connectivity index is 1.44. The third-order valence-corrected chi connectivity index (χ3v) is 6.36. The van der Waals surface area contributed by atoms with Crippen LogP contribution in [0.1, 0.15) is 62.7 Å². The van der Waals surface area contributed by atoms with Crippen LogP contribution in [0.2, 0.25) is 0 Å². The minimum atomic E-state index is -0.287.